The van der Waals surface area contributed by atoms with Gasteiger partial charge in [0.2, 0.25) is 5.91 Å². The van der Waals surface area contributed by atoms with Crippen molar-refractivity contribution < 1.29 is 13.2 Å². The zero-order chi connectivity index (χ0) is 17.4. The Bertz CT molecular complexity index is 832. The molecular weight excluding hydrogens is 336 g/mol. The number of amides is 1. The fourth-order valence-electron chi connectivity index (χ4n) is 4.30. The molecule has 3 heterocycles. The zero-order valence-corrected chi connectivity index (χ0v) is 14.8. The van der Waals surface area contributed by atoms with E-state index < -0.39 is 9.84 Å². The van der Waals surface area contributed by atoms with Crippen LogP contribution in [0.3, 0.4) is 0 Å². The summed E-state index contributed by atoms with van der Waals surface area (Å²) >= 11 is 0. The fourth-order valence-corrected chi connectivity index (χ4v) is 6.18. The van der Waals surface area contributed by atoms with Crippen molar-refractivity contribution in [3.63, 3.8) is 0 Å². The minimum atomic E-state index is -3.33. The monoisotopic (exact) mass is 358 g/mol. The lowest BCUT2D eigenvalue weighted by Gasteiger charge is -2.38. The van der Waals surface area contributed by atoms with Crippen molar-refractivity contribution in [2.24, 2.45) is 0 Å². The molecule has 1 amide bonds. The number of hydrogen-bond donors (Lipinski definition) is 0. The van der Waals surface area contributed by atoms with Gasteiger partial charge in [0.1, 0.15) is 6.54 Å². The SMILES string of the molecule is O=C(Cn1cccc1)N1C2CCC1CC(S(=O)(=O)c1ccccc1)C2. The molecule has 2 aliphatic heterocycles. The van der Waals surface area contributed by atoms with E-state index in [1.54, 1.807) is 24.3 Å². The predicted molar refractivity (Wildman–Crippen MR) is 94.7 cm³/mol. The molecule has 2 aromatic rings. The highest BCUT2D eigenvalue weighted by Gasteiger charge is 2.46. The molecule has 0 N–H and O–H groups in total. The lowest BCUT2D eigenvalue weighted by atomic mass is 10.0. The van der Waals surface area contributed by atoms with Gasteiger partial charge in [0.05, 0.1) is 10.1 Å². The first kappa shape index (κ1) is 16.4. The smallest absolute Gasteiger partial charge is 0.242 e. The van der Waals surface area contributed by atoms with Crippen LogP contribution >= 0.6 is 0 Å². The lowest BCUT2D eigenvalue weighted by molar-refractivity contribution is -0.136. The Hall–Kier alpha value is -2.08. The Kier molecular flexibility index (Phi) is 4.15. The third-order valence-corrected chi connectivity index (χ3v) is 7.66. The van der Waals surface area contributed by atoms with E-state index >= 15 is 0 Å². The Morgan fingerprint density at radius 3 is 2.16 bits per heavy atom. The van der Waals surface area contributed by atoms with E-state index in [0.717, 1.165) is 12.8 Å². The Morgan fingerprint density at radius 2 is 1.56 bits per heavy atom. The molecule has 0 radical (unpaired) electrons. The number of carbonyl (C=O) groups is 1. The number of aromatic nitrogens is 1. The first-order chi connectivity index (χ1) is 12.1. The third kappa shape index (κ3) is 2.99. The fraction of sp³-hybridized carbons (Fsp3) is 0.421. The average Bonchev–Trinajstić information content (AvgIpc) is 3.21. The highest BCUT2D eigenvalue weighted by atomic mass is 32.2. The summed E-state index contributed by atoms with van der Waals surface area (Å²) < 4.78 is 27.7. The van der Waals surface area contributed by atoms with Gasteiger partial charge in [-0.05, 0) is 49.9 Å². The second-order valence-corrected chi connectivity index (χ2v) is 9.22. The largest absolute Gasteiger partial charge is 0.345 e. The van der Waals surface area contributed by atoms with E-state index in [9.17, 15) is 13.2 Å². The summed E-state index contributed by atoms with van der Waals surface area (Å²) in [5, 5.41) is -0.386. The van der Waals surface area contributed by atoms with Gasteiger partial charge in [-0.2, -0.15) is 0 Å². The summed E-state index contributed by atoms with van der Waals surface area (Å²) in [6.45, 7) is 0.329. The van der Waals surface area contributed by atoms with Gasteiger partial charge in [-0.25, -0.2) is 8.42 Å². The van der Waals surface area contributed by atoms with Crippen LogP contribution in [0.15, 0.2) is 59.8 Å². The summed E-state index contributed by atoms with van der Waals surface area (Å²) in [6.07, 6.45) is 6.67. The second kappa shape index (κ2) is 6.33. The highest BCUT2D eigenvalue weighted by molar-refractivity contribution is 7.92. The normalized spacial score (nSPS) is 25.9. The van der Waals surface area contributed by atoms with Crippen molar-refractivity contribution >= 4 is 15.7 Å². The maximum absolute atomic E-state index is 12.9. The van der Waals surface area contributed by atoms with Crippen LogP contribution < -0.4 is 0 Å². The number of rotatable bonds is 4. The summed E-state index contributed by atoms with van der Waals surface area (Å²) in [4.78, 5) is 15.1. The average molecular weight is 358 g/mol. The van der Waals surface area contributed by atoms with Crippen LogP contribution in [-0.2, 0) is 21.2 Å². The number of sulfone groups is 1. The molecule has 2 saturated heterocycles. The third-order valence-electron chi connectivity index (χ3n) is 5.47. The van der Waals surface area contributed by atoms with Crippen molar-refractivity contribution in [3.05, 3.63) is 54.9 Å². The van der Waals surface area contributed by atoms with E-state index in [4.69, 9.17) is 0 Å². The molecule has 2 atom stereocenters. The van der Waals surface area contributed by atoms with Crippen LogP contribution in [0, 0.1) is 0 Å². The van der Waals surface area contributed by atoms with Crippen LogP contribution in [0.25, 0.3) is 0 Å². The Labute approximate surface area is 148 Å². The maximum atomic E-state index is 12.9. The molecule has 0 aliphatic carbocycles. The molecule has 6 heteroatoms. The molecule has 0 spiro atoms. The van der Waals surface area contributed by atoms with E-state index in [2.05, 4.69) is 0 Å². The van der Waals surface area contributed by atoms with Crippen molar-refractivity contribution in [2.45, 2.75) is 54.5 Å². The highest BCUT2D eigenvalue weighted by Crippen LogP contribution is 2.40. The molecule has 132 valence electrons. The zero-order valence-electron chi connectivity index (χ0n) is 14.0. The van der Waals surface area contributed by atoms with Crippen LogP contribution in [0.4, 0.5) is 0 Å². The van der Waals surface area contributed by atoms with Crippen molar-refractivity contribution in [2.75, 3.05) is 0 Å². The molecule has 2 unspecified atom stereocenters. The lowest BCUT2D eigenvalue weighted by Crippen LogP contribution is -2.50. The van der Waals surface area contributed by atoms with Crippen molar-refractivity contribution in [1.29, 1.82) is 0 Å². The van der Waals surface area contributed by atoms with Crippen molar-refractivity contribution in [1.82, 2.24) is 9.47 Å². The van der Waals surface area contributed by atoms with Gasteiger partial charge < -0.3 is 9.47 Å². The van der Waals surface area contributed by atoms with Crippen molar-refractivity contribution in [3.8, 4) is 0 Å². The molecule has 2 fully saturated rings. The summed E-state index contributed by atoms with van der Waals surface area (Å²) in [5.41, 5.74) is 0. The number of nitrogens with zero attached hydrogens (tertiary/aromatic N) is 2. The topological polar surface area (TPSA) is 59.4 Å². The minimum absolute atomic E-state index is 0.0466. The summed E-state index contributed by atoms with van der Waals surface area (Å²) in [5.74, 6) is 0.0965. The van der Waals surface area contributed by atoms with E-state index in [1.165, 1.54) is 0 Å². The molecular formula is C19H22N2O3S. The first-order valence-electron chi connectivity index (χ1n) is 8.76. The molecule has 1 aromatic heterocycles. The van der Waals surface area contributed by atoms with Crippen LogP contribution in [0.2, 0.25) is 0 Å². The second-order valence-electron chi connectivity index (χ2n) is 6.99. The molecule has 0 saturated carbocycles. The van der Waals surface area contributed by atoms with Crippen LogP contribution in [0.1, 0.15) is 25.7 Å². The van der Waals surface area contributed by atoms with Crippen LogP contribution in [-0.4, -0.2) is 41.1 Å². The van der Waals surface area contributed by atoms with Gasteiger partial charge in [-0.1, -0.05) is 18.2 Å². The summed E-state index contributed by atoms with van der Waals surface area (Å²) in [7, 11) is -3.33. The van der Waals surface area contributed by atoms with Gasteiger partial charge in [-0.15, -0.1) is 0 Å². The van der Waals surface area contributed by atoms with E-state index in [0.29, 0.717) is 24.3 Å². The van der Waals surface area contributed by atoms with E-state index in [1.807, 2.05) is 40.1 Å². The molecule has 2 aliphatic rings. The number of piperidine rings is 1. The van der Waals surface area contributed by atoms with Gasteiger partial charge in [0.25, 0.3) is 0 Å². The Morgan fingerprint density at radius 1 is 0.960 bits per heavy atom. The van der Waals surface area contributed by atoms with E-state index in [-0.39, 0.29) is 23.2 Å². The van der Waals surface area contributed by atoms with Gasteiger partial charge in [0.15, 0.2) is 9.84 Å². The number of hydrogen-bond acceptors (Lipinski definition) is 3. The summed E-state index contributed by atoms with van der Waals surface area (Å²) in [6, 6.07) is 12.6. The maximum Gasteiger partial charge on any atom is 0.242 e. The van der Waals surface area contributed by atoms with Gasteiger partial charge >= 0.3 is 0 Å². The van der Waals surface area contributed by atoms with Gasteiger partial charge in [0, 0.05) is 24.5 Å². The predicted octanol–water partition coefficient (Wildman–Crippen LogP) is 2.48. The molecule has 1 aromatic carbocycles. The first-order valence-corrected chi connectivity index (χ1v) is 10.3. The van der Waals surface area contributed by atoms with Gasteiger partial charge in [-0.3, -0.25) is 4.79 Å². The molecule has 5 nitrogen and oxygen atoms in total. The number of carbonyl (C=O) groups excluding carboxylic acids is 1. The standard InChI is InChI=1S/C19H22N2O3S/c22-19(14-20-10-4-5-11-20)21-15-8-9-16(21)13-18(12-15)25(23,24)17-6-2-1-3-7-17/h1-7,10-11,15-16,18H,8-9,12-14H2. The number of benzene rings is 1. The minimum Gasteiger partial charge on any atom is -0.345 e. The quantitative estimate of drug-likeness (QED) is 0.844. The molecule has 2 bridgehead atoms. The molecule has 4 rings (SSSR count). The Balaban J connectivity index is 1.51. The van der Waals surface area contributed by atoms with Crippen LogP contribution in [0.5, 0.6) is 0 Å². The number of fused-ring (bicyclic) bond motifs is 2. The molecule has 25 heavy (non-hydrogen) atoms.